The summed E-state index contributed by atoms with van der Waals surface area (Å²) >= 11 is 0. The number of hydrogen-bond donors (Lipinski definition) is 2. The van der Waals surface area contributed by atoms with Crippen LogP contribution in [-0.4, -0.2) is 23.8 Å². The van der Waals surface area contributed by atoms with Crippen molar-refractivity contribution in [1.29, 1.82) is 0 Å². The van der Waals surface area contributed by atoms with Crippen molar-refractivity contribution >= 4 is 0 Å². The number of aliphatic hydroxyl groups is 1. The summed E-state index contributed by atoms with van der Waals surface area (Å²) in [4.78, 5) is 0. The minimum atomic E-state index is -0.547. The van der Waals surface area contributed by atoms with Gasteiger partial charge in [-0.3, -0.25) is 0 Å². The van der Waals surface area contributed by atoms with Crippen LogP contribution in [0.2, 0.25) is 0 Å². The van der Waals surface area contributed by atoms with Crippen LogP contribution >= 0.6 is 0 Å². The van der Waals surface area contributed by atoms with Gasteiger partial charge in [-0.15, -0.1) is 0 Å². The maximum atomic E-state index is 9.86. The van der Waals surface area contributed by atoms with E-state index in [1.165, 1.54) is 12.8 Å². The van der Waals surface area contributed by atoms with E-state index in [1.807, 2.05) is 6.92 Å². The molecule has 1 atom stereocenters. The van der Waals surface area contributed by atoms with Crippen LogP contribution < -0.4 is 5.32 Å². The summed E-state index contributed by atoms with van der Waals surface area (Å²) in [5, 5.41) is 13.2. The molecule has 1 rings (SSSR count). The Labute approximate surface area is 75.4 Å². The molecule has 2 N–H and O–H groups in total. The van der Waals surface area contributed by atoms with Gasteiger partial charge in [0.2, 0.25) is 0 Å². The highest BCUT2D eigenvalue weighted by atomic mass is 16.3. The van der Waals surface area contributed by atoms with E-state index in [4.69, 9.17) is 0 Å². The van der Waals surface area contributed by atoms with Crippen molar-refractivity contribution in [2.75, 3.05) is 13.1 Å². The highest BCUT2D eigenvalue weighted by Gasteiger charge is 2.26. The first-order valence-electron chi connectivity index (χ1n) is 4.95. The van der Waals surface area contributed by atoms with Crippen LogP contribution in [0.3, 0.4) is 0 Å². The van der Waals surface area contributed by atoms with Crippen molar-refractivity contribution in [3.8, 4) is 0 Å². The molecule has 0 radical (unpaired) electrons. The summed E-state index contributed by atoms with van der Waals surface area (Å²) in [5.74, 6) is 1.22. The van der Waals surface area contributed by atoms with Crippen molar-refractivity contribution in [2.45, 2.75) is 39.2 Å². The highest BCUT2D eigenvalue weighted by molar-refractivity contribution is 4.81. The lowest BCUT2D eigenvalue weighted by atomic mass is 9.92. The lowest BCUT2D eigenvalue weighted by Crippen LogP contribution is -2.42. The summed E-state index contributed by atoms with van der Waals surface area (Å²) in [5.41, 5.74) is -0.547. The second-order valence-electron chi connectivity index (χ2n) is 4.59. The van der Waals surface area contributed by atoms with Gasteiger partial charge in [-0.05, 0) is 38.1 Å². The topological polar surface area (TPSA) is 32.3 Å². The molecule has 0 heterocycles. The Bertz CT molecular complexity index is 139. The molecule has 1 aliphatic carbocycles. The fourth-order valence-electron chi connectivity index (χ4n) is 1.06. The van der Waals surface area contributed by atoms with E-state index in [0.29, 0.717) is 5.92 Å². The Balaban J connectivity index is 2.10. The lowest BCUT2D eigenvalue weighted by molar-refractivity contribution is 0.0142. The van der Waals surface area contributed by atoms with Gasteiger partial charge in [-0.25, -0.2) is 0 Å². The van der Waals surface area contributed by atoms with Crippen molar-refractivity contribution in [2.24, 2.45) is 11.8 Å². The Morgan fingerprint density at radius 3 is 2.50 bits per heavy atom. The largest absolute Gasteiger partial charge is 0.389 e. The predicted molar refractivity (Wildman–Crippen MR) is 51.1 cm³/mol. The fourth-order valence-corrected chi connectivity index (χ4v) is 1.06. The predicted octanol–water partition coefficient (Wildman–Crippen LogP) is 1.39. The third-order valence-electron chi connectivity index (χ3n) is 2.86. The summed E-state index contributed by atoms with van der Waals surface area (Å²) < 4.78 is 0. The van der Waals surface area contributed by atoms with E-state index in [9.17, 15) is 5.11 Å². The van der Waals surface area contributed by atoms with Crippen LogP contribution in [0, 0.1) is 11.8 Å². The molecular weight excluding hydrogens is 150 g/mol. The molecule has 72 valence electrons. The zero-order valence-electron chi connectivity index (χ0n) is 8.43. The minimum absolute atomic E-state index is 0.323. The van der Waals surface area contributed by atoms with Gasteiger partial charge in [0, 0.05) is 6.54 Å². The minimum Gasteiger partial charge on any atom is -0.389 e. The SMILES string of the molecule is CC(C)C(C)(O)CNCC1CC1. The van der Waals surface area contributed by atoms with Gasteiger partial charge in [0.15, 0.2) is 0 Å². The second-order valence-corrected chi connectivity index (χ2v) is 4.59. The van der Waals surface area contributed by atoms with Crippen LogP contribution in [-0.2, 0) is 0 Å². The molecule has 1 saturated carbocycles. The molecule has 12 heavy (non-hydrogen) atoms. The quantitative estimate of drug-likeness (QED) is 0.655. The Kier molecular flexibility index (Phi) is 3.13. The van der Waals surface area contributed by atoms with E-state index in [-0.39, 0.29) is 0 Å². The van der Waals surface area contributed by atoms with Gasteiger partial charge in [-0.1, -0.05) is 13.8 Å². The van der Waals surface area contributed by atoms with Crippen LogP contribution in [0.5, 0.6) is 0 Å². The van der Waals surface area contributed by atoms with Crippen LogP contribution in [0.25, 0.3) is 0 Å². The first kappa shape index (κ1) is 10.0. The molecule has 0 aromatic rings. The highest BCUT2D eigenvalue weighted by Crippen LogP contribution is 2.27. The molecule has 0 amide bonds. The van der Waals surface area contributed by atoms with Crippen LogP contribution in [0.1, 0.15) is 33.6 Å². The summed E-state index contributed by atoms with van der Waals surface area (Å²) in [7, 11) is 0. The zero-order chi connectivity index (χ0) is 9.19. The van der Waals surface area contributed by atoms with Gasteiger partial charge in [0.05, 0.1) is 5.60 Å². The second kappa shape index (κ2) is 3.75. The molecule has 1 aliphatic rings. The monoisotopic (exact) mass is 171 g/mol. The standard InChI is InChI=1S/C10H21NO/c1-8(2)10(3,12)7-11-6-9-4-5-9/h8-9,11-12H,4-7H2,1-3H3. The number of rotatable bonds is 5. The molecule has 0 bridgehead atoms. The molecule has 0 aromatic heterocycles. The zero-order valence-corrected chi connectivity index (χ0v) is 8.43. The third kappa shape index (κ3) is 3.11. The Hall–Kier alpha value is -0.0800. The average Bonchev–Trinajstić information content (AvgIpc) is 2.70. The van der Waals surface area contributed by atoms with E-state index in [0.717, 1.165) is 19.0 Å². The molecule has 1 fully saturated rings. The third-order valence-corrected chi connectivity index (χ3v) is 2.86. The maximum Gasteiger partial charge on any atom is 0.0766 e. The van der Waals surface area contributed by atoms with Gasteiger partial charge >= 0.3 is 0 Å². The van der Waals surface area contributed by atoms with Crippen molar-refractivity contribution in [1.82, 2.24) is 5.32 Å². The summed E-state index contributed by atoms with van der Waals surface area (Å²) in [6.45, 7) is 7.82. The summed E-state index contributed by atoms with van der Waals surface area (Å²) in [6, 6.07) is 0. The number of hydrogen-bond acceptors (Lipinski definition) is 2. The van der Waals surface area contributed by atoms with Crippen LogP contribution in [0.15, 0.2) is 0 Å². The van der Waals surface area contributed by atoms with Gasteiger partial charge in [-0.2, -0.15) is 0 Å². The van der Waals surface area contributed by atoms with Gasteiger partial charge in [0.1, 0.15) is 0 Å². The van der Waals surface area contributed by atoms with E-state index in [2.05, 4.69) is 19.2 Å². The number of nitrogens with one attached hydrogen (secondary N) is 1. The smallest absolute Gasteiger partial charge is 0.0766 e. The first-order chi connectivity index (χ1) is 5.52. The maximum absolute atomic E-state index is 9.86. The molecule has 0 spiro atoms. The Morgan fingerprint density at radius 2 is 2.08 bits per heavy atom. The van der Waals surface area contributed by atoms with Crippen molar-refractivity contribution < 1.29 is 5.11 Å². The first-order valence-corrected chi connectivity index (χ1v) is 4.95. The molecular formula is C10H21NO. The van der Waals surface area contributed by atoms with Crippen molar-refractivity contribution in [3.05, 3.63) is 0 Å². The van der Waals surface area contributed by atoms with Crippen molar-refractivity contribution in [3.63, 3.8) is 0 Å². The normalized spacial score (nSPS) is 22.8. The molecule has 0 aliphatic heterocycles. The Morgan fingerprint density at radius 1 is 1.50 bits per heavy atom. The van der Waals surface area contributed by atoms with E-state index >= 15 is 0 Å². The average molecular weight is 171 g/mol. The molecule has 2 nitrogen and oxygen atoms in total. The van der Waals surface area contributed by atoms with E-state index in [1.54, 1.807) is 0 Å². The molecule has 2 heteroatoms. The van der Waals surface area contributed by atoms with Crippen LogP contribution in [0.4, 0.5) is 0 Å². The van der Waals surface area contributed by atoms with E-state index < -0.39 is 5.60 Å². The molecule has 0 saturated heterocycles. The fraction of sp³-hybridized carbons (Fsp3) is 1.00. The van der Waals surface area contributed by atoms with Gasteiger partial charge in [0.25, 0.3) is 0 Å². The van der Waals surface area contributed by atoms with Gasteiger partial charge < -0.3 is 10.4 Å². The molecule has 0 aromatic carbocycles. The lowest BCUT2D eigenvalue weighted by Gasteiger charge is -2.27. The molecule has 1 unspecified atom stereocenters. The summed E-state index contributed by atoms with van der Waals surface area (Å²) in [6.07, 6.45) is 2.74.